The van der Waals surface area contributed by atoms with E-state index in [9.17, 15) is 4.79 Å². The van der Waals surface area contributed by atoms with Crippen molar-refractivity contribution in [1.82, 2.24) is 10.2 Å². The number of rotatable bonds is 5. The number of hydrogen-bond acceptors (Lipinski definition) is 2. The van der Waals surface area contributed by atoms with Gasteiger partial charge in [-0.1, -0.05) is 32.1 Å². The van der Waals surface area contributed by atoms with Gasteiger partial charge in [0.25, 0.3) is 0 Å². The molecule has 0 aromatic rings. The van der Waals surface area contributed by atoms with E-state index < -0.39 is 0 Å². The minimum atomic E-state index is 0.0540. The number of likely N-dealkylation sites (N-methyl/N-ethyl adjacent to an activating group) is 1. The van der Waals surface area contributed by atoms with Gasteiger partial charge in [0.05, 0.1) is 5.54 Å². The van der Waals surface area contributed by atoms with E-state index in [-0.39, 0.29) is 5.54 Å². The fraction of sp³-hybridized carbons (Fsp3) is 0.938. The Labute approximate surface area is 118 Å². The minimum absolute atomic E-state index is 0.0540. The van der Waals surface area contributed by atoms with E-state index in [1.807, 2.05) is 7.05 Å². The van der Waals surface area contributed by atoms with Gasteiger partial charge in [0.1, 0.15) is 0 Å². The third-order valence-electron chi connectivity index (χ3n) is 5.10. The summed E-state index contributed by atoms with van der Waals surface area (Å²) in [4.78, 5) is 14.6. The van der Waals surface area contributed by atoms with Gasteiger partial charge in [0.2, 0.25) is 5.91 Å². The number of nitrogens with one attached hydrogen (secondary N) is 1. The molecule has 2 rings (SSSR count). The number of nitrogens with zero attached hydrogens (tertiary/aromatic N) is 1. The van der Waals surface area contributed by atoms with E-state index in [4.69, 9.17) is 0 Å². The maximum atomic E-state index is 12.5. The van der Waals surface area contributed by atoms with Gasteiger partial charge in [0, 0.05) is 19.5 Å². The second-order valence-corrected chi connectivity index (χ2v) is 6.72. The van der Waals surface area contributed by atoms with E-state index in [2.05, 4.69) is 17.1 Å². The molecule has 1 amide bonds. The summed E-state index contributed by atoms with van der Waals surface area (Å²) in [6, 6.07) is 0. The lowest BCUT2D eigenvalue weighted by Gasteiger charge is -2.35. The summed E-state index contributed by atoms with van der Waals surface area (Å²) in [6.07, 6.45) is 11.0. The van der Waals surface area contributed by atoms with Crippen molar-refractivity contribution in [1.29, 1.82) is 0 Å². The smallest absolute Gasteiger partial charge is 0.223 e. The van der Waals surface area contributed by atoms with Gasteiger partial charge in [-0.25, -0.2) is 0 Å². The van der Waals surface area contributed by atoms with Gasteiger partial charge in [-0.15, -0.1) is 0 Å². The van der Waals surface area contributed by atoms with E-state index in [0.717, 1.165) is 44.7 Å². The average Bonchev–Trinajstić information content (AvgIpc) is 2.79. The number of carbonyl (C=O) groups excluding carboxylic acids is 1. The minimum Gasteiger partial charge on any atom is -0.336 e. The lowest BCUT2D eigenvalue weighted by atomic mass is 9.86. The quantitative estimate of drug-likeness (QED) is 0.830. The summed E-state index contributed by atoms with van der Waals surface area (Å²) in [7, 11) is 1.98. The maximum Gasteiger partial charge on any atom is 0.223 e. The summed E-state index contributed by atoms with van der Waals surface area (Å²) in [5.74, 6) is 1.21. The first-order valence-electron chi connectivity index (χ1n) is 8.11. The van der Waals surface area contributed by atoms with Crippen molar-refractivity contribution in [2.24, 2.45) is 5.92 Å². The molecule has 1 aliphatic carbocycles. The largest absolute Gasteiger partial charge is 0.336 e. The van der Waals surface area contributed by atoms with Gasteiger partial charge in [-0.2, -0.15) is 0 Å². The Morgan fingerprint density at radius 2 is 2.00 bits per heavy atom. The van der Waals surface area contributed by atoms with Gasteiger partial charge in [-0.3, -0.25) is 4.79 Å². The van der Waals surface area contributed by atoms with E-state index in [1.54, 1.807) is 0 Å². The Bertz CT molecular complexity index is 299. The zero-order valence-electron chi connectivity index (χ0n) is 12.7. The highest BCUT2D eigenvalue weighted by molar-refractivity contribution is 5.77. The Morgan fingerprint density at radius 3 is 2.68 bits per heavy atom. The molecule has 110 valence electrons. The van der Waals surface area contributed by atoms with Crippen LogP contribution in [-0.2, 0) is 4.79 Å². The average molecular weight is 266 g/mol. The first kappa shape index (κ1) is 14.8. The van der Waals surface area contributed by atoms with Gasteiger partial charge < -0.3 is 10.2 Å². The Hall–Kier alpha value is -0.570. The van der Waals surface area contributed by atoms with Crippen molar-refractivity contribution in [2.45, 2.75) is 70.3 Å². The highest BCUT2D eigenvalue weighted by Crippen LogP contribution is 2.31. The van der Waals surface area contributed by atoms with Crippen LogP contribution in [0.5, 0.6) is 0 Å². The summed E-state index contributed by atoms with van der Waals surface area (Å²) in [6.45, 7) is 4.11. The molecule has 1 saturated carbocycles. The molecular weight excluding hydrogens is 236 g/mol. The van der Waals surface area contributed by atoms with Crippen LogP contribution in [0.1, 0.15) is 64.7 Å². The first-order chi connectivity index (χ1) is 9.15. The first-order valence-corrected chi connectivity index (χ1v) is 8.11. The molecule has 19 heavy (non-hydrogen) atoms. The lowest BCUT2D eigenvalue weighted by Crippen LogP contribution is -2.50. The fourth-order valence-electron chi connectivity index (χ4n) is 3.95. The van der Waals surface area contributed by atoms with Crippen molar-refractivity contribution in [3.8, 4) is 0 Å². The van der Waals surface area contributed by atoms with Crippen LogP contribution in [0.15, 0.2) is 0 Å². The monoisotopic (exact) mass is 266 g/mol. The molecule has 0 aromatic carbocycles. The molecule has 3 nitrogen and oxygen atoms in total. The van der Waals surface area contributed by atoms with Crippen LogP contribution in [0.4, 0.5) is 0 Å². The molecule has 0 bridgehead atoms. The molecule has 2 fully saturated rings. The highest BCUT2D eigenvalue weighted by atomic mass is 16.2. The zero-order chi connectivity index (χ0) is 13.7. The van der Waals surface area contributed by atoms with Crippen molar-refractivity contribution in [3.63, 3.8) is 0 Å². The lowest BCUT2D eigenvalue weighted by molar-refractivity contribution is -0.135. The predicted molar refractivity (Wildman–Crippen MR) is 79.1 cm³/mol. The van der Waals surface area contributed by atoms with Crippen LogP contribution in [-0.4, -0.2) is 36.5 Å². The van der Waals surface area contributed by atoms with Crippen molar-refractivity contribution >= 4 is 5.91 Å². The van der Waals surface area contributed by atoms with Crippen LogP contribution in [0.3, 0.4) is 0 Å². The molecule has 1 unspecified atom stereocenters. The Morgan fingerprint density at radius 1 is 1.26 bits per heavy atom. The van der Waals surface area contributed by atoms with E-state index >= 15 is 0 Å². The van der Waals surface area contributed by atoms with E-state index in [0.29, 0.717) is 5.91 Å². The second-order valence-electron chi connectivity index (χ2n) is 6.72. The van der Waals surface area contributed by atoms with Gasteiger partial charge >= 0.3 is 0 Å². The maximum absolute atomic E-state index is 12.5. The molecule has 2 aliphatic rings. The van der Waals surface area contributed by atoms with Crippen molar-refractivity contribution in [3.05, 3.63) is 0 Å². The van der Waals surface area contributed by atoms with Crippen LogP contribution >= 0.6 is 0 Å². The highest BCUT2D eigenvalue weighted by Gasteiger charge is 2.38. The van der Waals surface area contributed by atoms with Crippen LogP contribution in [0.25, 0.3) is 0 Å². The SMILES string of the molecule is CNCC1(C)CCCN1C(=O)CCC1CCCCC1. The molecular formula is C16H30N2O. The van der Waals surface area contributed by atoms with Gasteiger partial charge in [0.15, 0.2) is 0 Å². The zero-order valence-corrected chi connectivity index (χ0v) is 12.7. The molecule has 0 radical (unpaired) electrons. The van der Waals surface area contributed by atoms with Gasteiger partial charge in [-0.05, 0) is 39.2 Å². The number of hydrogen-bond donors (Lipinski definition) is 1. The number of carbonyl (C=O) groups is 1. The van der Waals surface area contributed by atoms with Crippen LogP contribution in [0.2, 0.25) is 0 Å². The molecule has 0 aromatic heterocycles. The topological polar surface area (TPSA) is 32.3 Å². The second kappa shape index (κ2) is 6.74. The molecule has 1 atom stereocenters. The normalized spacial score (nSPS) is 28.8. The summed E-state index contributed by atoms with van der Waals surface area (Å²) < 4.78 is 0. The summed E-state index contributed by atoms with van der Waals surface area (Å²) in [5, 5.41) is 3.25. The fourth-order valence-corrected chi connectivity index (χ4v) is 3.95. The van der Waals surface area contributed by atoms with Crippen LogP contribution in [0, 0.1) is 5.92 Å². The Kier molecular flexibility index (Phi) is 5.26. The molecule has 1 aliphatic heterocycles. The number of amides is 1. The Balaban J connectivity index is 1.81. The number of likely N-dealkylation sites (tertiary alicyclic amines) is 1. The summed E-state index contributed by atoms with van der Waals surface area (Å²) >= 11 is 0. The third kappa shape index (κ3) is 3.71. The molecule has 3 heteroatoms. The molecule has 1 N–H and O–H groups in total. The van der Waals surface area contributed by atoms with Crippen LogP contribution < -0.4 is 5.32 Å². The van der Waals surface area contributed by atoms with E-state index in [1.165, 1.54) is 32.1 Å². The molecule has 0 spiro atoms. The van der Waals surface area contributed by atoms with Crippen molar-refractivity contribution < 1.29 is 4.79 Å². The van der Waals surface area contributed by atoms with Crippen molar-refractivity contribution in [2.75, 3.05) is 20.1 Å². The predicted octanol–water partition coefficient (Wildman–Crippen LogP) is 2.95. The molecule has 1 saturated heterocycles. The standard InChI is InChI=1S/C16H30N2O/c1-16(13-17-2)11-6-12-18(16)15(19)10-9-14-7-4-3-5-8-14/h14,17H,3-13H2,1-2H3. The summed E-state index contributed by atoms with van der Waals surface area (Å²) in [5.41, 5.74) is 0.0540. The molecule has 1 heterocycles. The third-order valence-corrected chi connectivity index (χ3v) is 5.10.